The van der Waals surface area contributed by atoms with Crippen LogP contribution >= 0.6 is 11.6 Å². The minimum atomic E-state index is -0.836. The third-order valence-corrected chi connectivity index (χ3v) is 3.80. The molecule has 0 aliphatic carbocycles. The van der Waals surface area contributed by atoms with E-state index in [2.05, 4.69) is 10.6 Å². The Morgan fingerprint density at radius 2 is 1.85 bits per heavy atom. The summed E-state index contributed by atoms with van der Waals surface area (Å²) in [6.45, 7) is 3.33. The third kappa shape index (κ3) is 5.74. The maximum absolute atomic E-state index is 13.8. The van der Waals surface area contributed by atoms with Crippen LogP contribution in [-0.4, -0.2) is 24.5 Å². The Kier molecular flexibility index (Phi) is 6.97. The van der Waals surface area contributed by atoms with Crippen LogP contribution in [0.5, 0.6) is 5.75 Å². The average molecular weight is 379 g/mol. The molecule has 7 heteroatoms. The summed E-state index contributed by atoms with van der Waals surface area (Å²) >= 11 is 5.70. The van der Waals surface area contributed by atoms with Crippen molar-refractivity contribution in [3.63, 3.8) is 0 Å². The highest BCUT2D eigenvalue weighted by Crippen LogP contribution is 2.19. The van der Waals surface area contributed by atoms with Crippen LogP contribution in [0.4, 0.5) is 10.1 Å². The van der Waals surface area contributed by atoms with E-state index in [1.54, 1.807) is 38.1 Å². The summed E-state index contributed by atoms with van der Waals surface area (Å²) < 4.78 is 19.2. The van der Waals surface area contributed by atoms with Crippen LogP contribution in [0.1, 0.15) is 13.8 Å². The highest BCUT2D eigenvalue weighted by Gasteiger charge is 2.25. The number of nitrogens with one attached hydrogen (secondary N) is 2. The number of ether oxygens (including phenoxy) is 1. The number of carbonyl (C=O) groups excluding carboxylic acids is 2. The van der Waals surface area contributed by atoms with Crippen LogP contribution in [0, 0.1) is 11.7 Å². The Morgan fingerprint density at radius 1 is 1.15 bits per heavy atom. The van der Waals surface area contributed by atoms with E-state index in [1.165, 1.54) is 12.1 Å². The predicted octanol–water partition coefficient (Wildman–Crippen LogP) is 3.64. The molecule has 0 radical (unpaired) electrons. The van der Waals surface area contributed by atoms with Gasteiger partial charge < -0.3 is 15.4 Å². The van der Waals surface area contributed by atoms with Gasteiger partial charge in [-0.05, 0) is 36.2 Å². The van der Waals surface area contributed by atoms with Crippen LogP contribution in [0.15, 0.2) is 48.5 Å². The SMILES string of the molecule is CC(C)C(NC(=O)COc1ccccc1)C(=O)Nc1ccc(Cl)cc1F. The summed E-state index contributed by atoms with van der Waals surface area (Å²) in [7, 11) is 0. The summed E-state index contributed by atoms with van der Waals surface area (Å²) in [6, 6.07) is 12.0. The van der Waals surface area contributed by atoms with Gasteiger partial charge in [0.15, 0.2) is 6.61 Å². The number of hydrogen-bond acceptors (Lipinski definition) is 3. The molecule has 0 aliphatic heterocycles. The van der Waals surface area contributed by atoms with Crippen molar-refractivity contribution in [2.45, 2.75) is 19.9 Å². The van der Waals surface area contributed by atoms with E-state index < -0.39 is 23.7 Å². The van der Waals surface area contributed by atoms with Gasteiger partial charge in [-0.3, -0.25) is 9.59 Å². The molecule has 0 heterocycles. The van der Waals surface area contributed by atoms with E-state index in [0.29, 0.717) is 5.75 Å². The minimum absolute atomic E-state index is 0.000153. The van der Waals surface area contributed by atoms with Crippen molar-refractivity contribution in [2.75, 3.05) is 11.9 Å². The summed E-state index contributed by atoms with van der Waals surface area (Å²) in [5.41, 5.74) is -0.000153. The third-order valence-electron chi connectivity index (χ3n) is 3.57. The smallest absolute Gasteiger partial charge is 0.258 e. The van der Waals surface area contributed by atoms with Gasteiger partial charge in [0.25, 0.3) is 5.91 Å². The van der Waals surface area contributed by atoms with Crippen molar-refractivity contribution in [2.24, 2.45) is 5.92 Å². The molecular weight excluding hydrogens is 359 g/mol. The first-order valence-electron chi connectivity index (χ1n) is 8.10. The number of benzene rings is 2. The lowest BCUT2D eigenvalue weighted by Gasteiger charge is -2.22. The van der Waals surface area contributed by atoms with Crippen molar-refractivity contribution in [1.29, 1.82) is 0 Å². The van der Waals surface area contributed by atoms with E-state index in [-0.39, 0.29) is 23.2 Å². The first-order valence-corrected chi connectivity index (χ1v) is 8.47. The fourth-order valence-electron chi connectivity index (χ4n) is 2.22. The van der Waals surface area contributed by atoms with Crippen LogP contribution < -0.4 is 15.4 Å². The summed E-state index contributed by atoms with van der Waals surface area (Å²) in [5, 5.41) is 5.31. The zero-order chi connectivity index (χ0) is 19.1. The molecule has 1 atom stereocenters. The molecule has 2 aromatic rings. The Balaban J connectivity index is 1.96. The number of para-hydroxylation sites is 1. The van der Waals surface area contributed by atoms with Crippen molar-refractivity contribution < 1.29 is 18.7 Å². The maximum atomic E-state index is 13.8. The second kappa shape index (κ2) is 9.20. The summed E-state index contributed by atoms with van der Waals surface area (Å²) in [6.07, 6.45) is 0. The second-order valence-corrected chi connectivity index (χ2v) is 6.44. The zero-order valence-corrected chi connectivity index (χ0v) is 15.2. The molecule has 138 valence electrons. The first-order chi connectivity index (χ1) is 12.4. The van der Waals surface area contributed by atoms with Crippen LogP contribution in [0.25, 0.3) is 0 Å². The lowest BCUT2D eigenvalue weighted by atomic mass is 10.0. The molecule has 5 nitrogen and oxygen atoms in total. The molecule has 0 bridgehead atoms. The van der Waals surface area contributed by atoms with Crippen LogP contribution in [0.2, 0.25) is 5.02 Å². The Hall–Kier alpha value is -2.60. The first kappa shape index (κ1) is 19.7. The molecule has 26 heavy (non-hydrogen) atoms. The van der Waals surface area contributed by atoms with Gasteiger partial charge in [0.05, 0.1) is 5.69 Å². The van der Waals surface area contributed by atoms with Gasteiger partial charge in [0.2, 0.25) is 5.91 Å². The van der Waals surface area contributed by atoms with Gasteiger partial charge >= 0.3 is 0 Å². The maximum Gasteiger partial charge on any atom is 0.258 e. The molecule has 0 aromatic heterocycles. The van der Waals surface area contributed by atoms with Crippen LogP contribution in [0.3, 0.4) is 0 Å². The van der Waals surface area contributed by atoms with Gasteiger partial charge in [-0.15, -0.1) is 0 Å². The van der Waals surface area contributed by atoms with Crippen molar-refractivity contribution in [1.82, 2.24) is 5.32 Å². The largest absolute Gasteiger partial charge is 0.484 e. The molecule has 0 fully saturated rings. The molecule has 0 spiro atoms. The molecule has 0 saturated heterocycles. The molecule has 2 rings (SSSR count). The average Bonchev–Trinajstić information content (AvgIpc) is 2.60. The van der Waals surface area contributed by atoms with E-state index in [1.807, 2.05) is 6.07 Å². The van der Waals surface area contributed by atoms with Gasteiger partial charge in [0, 0.05) is 5.02 Å². The van der Waals surface area contributed by atoms with Crippen molar-refractivity contribution >= 4 is 29.1 Å². The van der Waals surface area contributed by atoms with Crippen molar-refractivity contribution in [3.8, 4) is 5.75 Å². The number of amides is 2. The Morgan fingerprint density at radius 3 is 2.46 bits per heavy atom. The van der Waals surface area contributed by atoms with Crippen molar-refractivity contribution in [3.05, 3.63) is 59.4 Å². The molecule has 1 unspecified atom stereocenters. The van der Waals surface area contributed by atoms with E-state index in [9.17, 15) is 14.0 Å². The van der Waals surface area contributed by atoms with Gasteiger partial charge in [0.1, 0.15) is 17.6 Å². The molecule has 2 amide bonds. The number of halogens is 2. The van der Waals surface area contributed by atoms with Crippen LogP contribution in [-0.2, 0) is 9.59 Å². The van der Waals surface area contributed by atoms with E-state index >= 15 is 0 Å². The standard InChI is InChI=1S/C19H20ClFN2O3/c1-12(2)18(19(25)22-16-9-8-13(20)10-15(16)21)23-17(24)11-26-14-6-4-3-5-7-14/h3-10,12,18H,11H2,1-2H3,(H,22,25)(H,23,24). The van der Waals surface area contributed by atoms with Gasteiger partial charge in [-0.2, -0.15) is 0 Å². The normalized spacial score (nSPS) is 11.7. The van der Waals surface area contributed by atoms with E-state index in [4.69, 9.17) is 16.3 Å². The Bertz CT molecular complexity index is 769. The number of hydrogen-bond donors (Lipinski definition) is 2. The Labute approximate surface area is 156 Å². The molecule has 0 saturated carbocycles. The fraction of sp³-hybridized carbons (Fsp3) is 0.263. The molecule has 2 N–H and O–H groups in total. The van der Waals surface area contributed by atoms with Gasteiger partial charge in [-0.1, -0.05) is 43.6 Å². The van der Waals surface area contributed by atoms with E-state index in [0.717, 1.165) is 6.07 Å². The highest BCUT2D eigenvalue weighted by atomic mass is 35.5. The summed E-state index contributed by atoms with van der Waals surface area (Å²) in [5.74, 6) is -1.26. The summed E-state index contributed by atoms with van der Waals surface area (Å²) in [4.78, 5) is 24.5. The number of rotatable bonds is 7. The zero-order valence-electron chi connectivity index (χ0n) is 14.5. The predicted molar refractivity (Wildman–Crippen MR) is 98.7 cm³/mol. The number of anilines is 1. The van der Waals surface area contributed by atoms with Gasteiger partial charge in [-0.25, -0.2) is 4.39 Å². The quantitative estimate of drug-likeness (QED) is 0.773. The molecular formula is C19H20ClFN2O3. The lowest BCUT2D eigenvalue weighted by Crippen LogP contribution is -2.48. The second-order valence-electron chi connectivity index (χ2n) is 6.00. The fourth-order valence-corrected chi connectivity index (χ4v) is 2.38. The minimum Gasteiger partial charge on any atom is -0.484 e. The molecule has 2 aromatic carbocycles. The molecule has 0 aliphatic rings. The highest BCUT2D eigenvalue weighted by molar-refractivity contribution is 6.30. The lowest BCUT2D eigenvalue weighted by molar-refractivity contribution is -0.128. The topological polar surface area (TPSA) is 67.4 Å². The monoisotopic (exact) mass is 378 g/mol. The number of carbonyl (C=O) groups is 2.